The average molecular weight is 361 g/mol. The summed E-state index contributed by atoms with van der Waals surface area (Å²) < 4.78 is 5.61. The number of rotatable bonds is 3. The monoisotopic (exact) mass is 360 g/mol. The fraction of sp³-hybridized carbons (Fsp3) is 0.118. The molecule has 24 heavy (non-hydrogen) atoms. The lowest BCUT2D eigenvalue weighted by Gasteiger charge is -2.11. The van der Waals surface area contributed by atoms with Crippen molar-refractivity contribution in [3.8, 4) is 0 Å². The number of halogens is 2. The second kappa shape index (κ2) is 5.61. The lowest BCUT2D eigenvalue weighted by Crippen LogP contribution is -2.31. The third-order valence-electron chi connectivity index (χ3n) is 3.88. The van der Waals surface area contributed by atoms with E-state index < -0.39 is 0 Å². The molecule has 0 fully saturated rings. The summed E-state index contributed by atoms with van der Waals surface area (Å²) in [5.74, 6) is -0.203. The van der Waals surface area contributed by atoms with Gasteiger partial charge in [-0.05, 0) is 24.3 Å². The van der Waals surface area contributed by atoms with Crippen LogP contribution in [0, 0.1) is 0 Å². The predicted molar refractivity (Wildman–Crippen MR) is 89.5 cm³/mol. The molecule has 0 spiro atoms. The van der Waals surface area contributed by atoms with E-state index in [4.69, 9.17) is 27.6 Å². The van der Waals surface area contributed by atoms with Crippen molar-refractivity contribution in [3.63, 3.8) is 0 Å². The van der Waals surface area contributed by atoms with E-state index in [1.54, 1.807) is 36.4 Å². The zero-order valence-corrected chi connectivity index (χ0v) is 13.8. The summed E-state index contributed by atoms with van der Waals surface area (Å²) in [6, 6.07) is 10.00. The van der Waals surface area contributed by atoms with Gasteiger partial charge in [0, 0.05) is 18.0 Å². The quantitative estimate of drug-likeness (QED) is 0.662. The van der Waals surface area contributed by atoms with Crippen molar-refractivity contribution in [1.29, 1.82) is 0 Å². The predicted octanol–water partition coefficient (Wildman–Crippen LogP) is 3.97. The average Bonchev–Trinajstić information content (AvgIpc) is 3.07. The van der Waals surface area contributed by atoms with Gasteiger partial charge in [0.15, 0.2) is 11.5 Å². The van der Waals surface area contributed by atoms with Crippen molar-refractivity contribution < 1.29 is 14.0 Å². The molecule has 0 unspecified atom stereocenters. The fourth-order valence-corrected chi connectivity index (χ4v) is 3.28. The maximum atomic E-state index is 12.3. The molecule has 2 aromatic carbocycles. The molecule has 2 heterocycles. The van der Waals surface area contributed by atoms with Crippen molar-refractivity contribution in [2.75, 3.05) is 6.54 Å². The maximum absolute atomic E-state index is 12.3. The van der Waals surface area contributed by atoms with E-state index in [0.717, 1.165) is 0 Å². The van der Waals surface area contributed by atoms with E-state index in [0.29, 0.717) is 44.6 Å². The van der Waals surface area contributed by atoms with Crippen LogP contribution in [0.2, 0.25) is 10.0 Å². The Hall–Kier alpha value is -2.37. The number of carbonyl (C=O) groups is 2. The molecular formula is C17H10Cl2N2O3. The largest absolute Gasteiger partial charge is 0.439 e. The third-order valence-corrected chi connectivity index (χ3v) is 4.38. The number of oxazole rings is 1. The molecule has 2 amide bonds. The molecule has 0 radical (unpaired) electrons. The first-order valence-electron chi connectivity index (χ1n) is 7.24. The van der Waals surface area contributed by atoms with E-state index in [2.05, 4.69) is 4.98 Å². The highest BCUT2D eigenvalue weighted by molar-refractivity contribution is 6.37. The Morgan fingerprint density at radius 1 is 1.04 bits per heavy atom. The molecule has 0 saturated heterocycles. The molecule has 5 nitrogen and oxygen atoms in total. The Labute approximate surface area is 146 Å². The molecule has 3 aromatic rings. The number of benzene rings is 2. The molecular weight excluding hydrogens is 351 g/mol. The van der Waals surface area contributed by atoms with Crippen LogP contribution in [-0.4, -0.2) is 28.2 Å². The van der Waals surface area contributed by atoms with Crippen molar-refractivity contribution in [2.45, 2.75) is 6.42 Å². The van der Waals surface area contributed by atoms with Crippen LogP contribution in [0.4, 0.5) is 0 Å². The molecule has 0 atom stereocenters. The van der Waals surface area contributed by atoms with Gasteiger partial charge in [0.05, 0.1) is 16.1 Å². The van der Waals surface area contributed by atoms with Crippen LogP contribution in [0.5, 0.6) is 0 Å². The van der Waals surface area contributed by atoms with Crippen LogP contribution in [0.15, 0.2) is 40.8 Å². The molecule has 7 heteroatoms. The van der Waals surface area contributed by atoms with Crippen LogP contribution in [0.1, 0.15) is 26.6 Å². The molecule has 1 aromatic heterocycles. The standard InChI is InChI=1S/C17H10Cl2N2O3/c18-9-7-12(19)15-13(8-9)20-14(24-15)5-6-21-16(22)10-3-1-2-4-11(10)17(21)23/h1-4,7-8H,5-6H2. The van der Waals surface area contributed by atoms with Gasteiger partial charge in [0.1, 0.15) is 5.52 Å². The zero-order valence-electron chi connectivity index (χ0n) is 12.3. The summed E-state index contributed by atoms with van der Waals surface area (Å²) in [6.07, 6.45) is 0.300. The van der Waals surface area contributed by atoms with Crippen molar-refractivity contribution in [3.05, 3.63) is 63.5 Å². The summed E-state index contributed by atoms with van der Waals surface area (Å²) in [7, 11) is 0. The van der Waals surface area contributed by atoms with Gasteiger partial charge in [-0.25, -0.2) is 4.98 Å². The van der Waals surface area contributed by atoms with E-state index in [1.165, 1.54) is 4.90 Å². The highest BCUT2D eigenvalue weighted by Crippen LogP contribution is 2.29. The second-order valence-corrected chi connectivity index (χ2v) is 6.24. The highest BCUT2D eigenvalue weighted by Gasteiger charge is 2.34. The minimum Gasteiger partial charge on any atom is -0.439 e. The minimum absolute atomic E-state index is 0.185. The Balaban J connectivity index is 1.57. The second-order valence-electron chi connectivity index (χ2n) is 5.40. The Bertz CT molecular complexity index is 962. The van der Waals surface area contributed by atoms with E-state index in [1.807, 2.05) is 0 Å². The van der Waals surface area contributed by atoms with Crippen LogP contribution in [0.3, 0.4) is 0 Å². The first-order valence-corrected chi connectivity index (χ1v) is 8.00. The lowest BCUT2D eigenvalue weighted by molar-refractivity contribution is 0.0654. The van der Waals surface area contributed by atoms with Crippen molar-refractivity contribution in [1.82, 2.24) is 9.88 Å². The first-order chi connectivity index (χ1) is 11.5. The molecule has 0 saturated carbocycles. The molecule has 1 aliphatic heterocycles. The molecule has 4 rings (SSSR count). The zero-order chi connectivity index (χ0) is 16.8. The number of fused-ring (bicyclic) bond motifs is 2. The van der Waals surface area contributed by atoms with E-state index in [9.17, 15) is 9.59 Å². The first kappa shape index (κ1) is 15.2. The number of nitrogens with zero attached hydrogens (tertiary/aromatic N) is 2. The Morgan fingerprint density at radius 2 is 1.71 bits per heavy atom. The number of aromatic nitrogens is 1. The SMILES string of the molecule is O=C1c2ccccc2C(=O)N1CCc1nc2cc(Cl)cc(Cl)c2o1. The fourth-order valence-electron chi connectivity index (χ4n) is 2.76. The number of imide groups is 1. The topological polar surface area (TPSA) is 63.4 Å². The van der Waals surface area contributed by atoms with E-state index in [-0.39, 0.29) is 18.4 Å². The minimum atomic E-state index is -0.298. The summed E-state index contributed by atoms with van der Waals surface area (Å²) in [6.45, 7) is 0.185. The van der Waals surface area contributed by atoms with E-state index >= 15 is 0 Å². The summed E-state index contributed by atoms with van der Waals surface area (Å²) in [5, 5.41) is 0.838. The summed E-state index contributed by atoms with van der Waals surface area (Å²) in [4.78, 5) is 30.1. The van der Waals surface area contributed by atoms with Gasteiger partial charge >= 0.3 is 0 Å². The number of carbonyl (C=O) groups excluding carboxylic acids is 2. The van der Waals surface area contributed by atoms with Crippen molar-refractivity contribution >= 4 is 46.1 Å². The Kier molecular flexibility index (Phi) is 3.55. The van der Waals surface area contributed by atoms with Crippen molar-refractivity contribution in [2.24, 2.45) is 0 Å². The maximum Gasteiger partial charge on any atom is 0.261 e. The number of amides is 2. The van der Waals surface area contributed by atoms with Gasteiger partial charge in [-0.15, -0.1) is 0 Å². The molecule has 0 aliphatic carbocycles. The lowest BCUT2D eigenvalue weighted by atomic mass is 10.1. The number of hydrogen-bond donors (Lipinski definition) is 0. The summed E-state index contributed by atoms with van der Waals surface area (Å²) >= 11 is 12.0. The molecule has 0 N–H and O–H groups in total. The third kappa shape index (κ3) is 2.37. The van der Waals surface area contributed by atoms with Gasteiger partial charge in [-0.2, -0.15) is 0 Å². The molecule has 120 valence electrons. The smallest absolute Gasteiger partial charge is 0.261 e. The van der Waals surface area contributed by atoms with Crippen LogP contribution in [0.25, 0.3) is 11.1 Å². The summed E-state index contributed by atoms with van der Waals surface area (Å²) in [5.41, 5.74) is 1.84. The highest BCUT2D eigenvalue weighted by atomic mass is 35.5. The molecule has 0 bridgehead atoms. The van der Waals surface area contributed by atoms with Gasteiger partial charge in [0.25, 0.3) is 11.8 Å². The normalized spacial score (nSPS) is 13.8. The van der Waals surface area contributed by atoms with Crippen LogP contribution >= 0.6 is 23.2 Å². The van der Waals surface area contributed by atoms with Crippen LogP contribution in [-0.2, 0) is 6.42 Å². The van der Waals surface area contributed by atoms with Gasteiger partial charge in [-0.1, -0.05) is 35.3 Å². The van der Waals surface area contributed by atoms with Gasteiger partial charge < -0.3 is 4.42 Å². The Morgan fingerprint density at radius 3 is 2.38 bits per heavy atom. The van der Waals surface area contributed by atoms with Crippen LogP contribution < -0.4 is 0 Å². The molecule has 1 aliphatic rings. The number of hydrogen-bond acceptors (Lipinski definition) is 4. The van der Waals surface area contributed by atoms with Gasteiger partial charge in [-0.3, -0.25) is 14.5 Å². The van der Waals surface area contributed by atoms with Gasteiger partial charge in [0.2, 0.25) is 0 Å².